The van der Waals surface area contributed by atoms with Gasteiger partial charge in [0.1, 0.15) is 11.6 Å². The van der Waals surface area contributed by atoms with Crippen LogP contribution in [0.5, 0.6) is 5.75 Å². The molecule has 0 unspecified atom stereocenters. The molecule has 5 nitrogen and oxygen atoms in total. The number of methoxy groups -OCH3 is 1. The number of hydrogen-bond acceptors (Lipinski definition) is 4. The van der Waals surface area contributed by atoms with Crippen LogP contribution in [0.25, 0.3) is 10.1 Å². The van der Waals surface area contributed by atoms with Crippen LogP contribution in [0.4, 0.5) is 10.1 Å². The van der Waals surface area contributed by atoms with E-state index in [0.717, 1.165) is 10.0 Å². The molecule has 29 heavy (non-hydrogen) atoms. The molecule has 0 atom stereocenters. The van der Waals surface area contributed by atoms with E-state index in [1.165, 1.54) is 12.5 Å². The van der Waals surface area contributed by atoms with Gasteiger partial charge in [0, 0.05) is 21.7 Å². The monoisotopic (exact) mass is 456 g/mol. The van der Waals surface area contributed by atoms with Crippen LogP contribution >= 0.6 is 15.9 Å². The lowest BCUT2D eigenvalue weighted by Gasteiger charge is -2.24. The first-order valence-electron chi connectivity index (χ1n) is 8.99. The van der Waals surface area contributed by atoms with Gasteiger partial charge in [-0.2, -0.15) is 0 Å². The minimum Gasteiger partial charge on any atom is -0.497 e. The average Bonchev–Trinajstić information content (AvgIpc) is 3.23. The summed E-state index contributed by atoms with van der Waals surface area (Å²) in [5, 5.41) is 0. The van der Waals surface area contributed by atoms with Crippen LogP contribution in [-0.4, -0.2) is 18.0 Å². The Morgan fingerprint density at radius 3 is 2.79 bits per heavy atom. The van der Waals surface area contributed by atoms with Crippen molar-refractivity contribution < 1.29 is 18.3 Å². The summed E-state index contributed by atoms with van der Waals surface area (Å²) in [6, 6.07) is 10.5. The van der Waals surface area contributed by atoms with Crippen molar-refractivity contribution in [1.82, 2.24) is 4.98 Å². The summed E-state index contributed by atoms with van der Waals surface area (Å²) in [5.74, 6) is 0.717. The van der Waals surface area contributed by atoms with Gasteiger partial charge in [0.05, 0.1) is 32.0 Å². The standard InChI is InChI=1S/C22H18BrFN2O3/c1-13-3-4-14(7-18(13)24)11-26-19-8-15(28-2)5-6-16(19)22(23)17(9-21(26)27)20-10-25-12-29-20/h3-8,10,12H,9,11H2,1-2H3. The predicted molar refractivity (Wildman–Crippen MR) is 112 cm³/mol. The number of aryl methyl sites for hydroxylation is 1. The van der Waals surface area contributed by atoms with Gasteiger partial charge in [-0.25, -0.2) is 9.37 Å². The Morgan fingerprint density at radius 1 is 1.28 bits per heavy atom. The minimum absolute atomic E-state index is 0.112. The summed E-state index contributed by atoms with van der Waals surface area (Å²) in [6.07, 6.45) is 3.03. The summed E-state index contributed by atoms with van der Waals surface area (Å²) >= 11 is 3.65. The zero-order chi connectivity index (χ0) is 20.5. The number of carbonyl (C=O) groups excluding carboxylic acids is 1. The lowest BCUT2D eigenvalue weighted by Crippen LogP contribution is -2.30. The Labute approximate surface area is 175 Å². The molecule has 148 valence electrons. The maximum atomic E-state index is 14.1. The SMILES string of the molecule is COc1ccc2c(c1)N(Cc1ccc(C)c(F)c1)C(=O)CC(c1cnco1)=C2Br. The summed E-state index contributed by atoms with van der Waals surface area (Å²) < 4.78 is 25.6. The highest BCUT2D eigenvalue weighted by atomic mass is 79.9. The third kappa shape index (κ3) is 3.70. The molecule has 2 aromatic carbocycles. The van der Waals surface area contributed by atoms with Gasteiger partial charge in [0.25, 0.3) is 0 Å². The molecule has 1 aliphatic heterocycles. The van der Waals surface area contributed by atoms with E-state index < -0.39 is 0 Å². The maximum Gasteiger partial charge on any atom is 0.231 e. The summed E-state index contributed by atoms with van der Waals surface area (Å²) in [4.78, 5) is 18.9. The summed E-state index contributed by atoms with van der Waals surface area (Å²) in [7, 11) is 1.57. The number of rotatable bonds is 4. The third-order valence-electron chi connectivity index (χ3n) is 4.93. The highest BCUT2D eigenvalue weighted by Crippen LogP contribution is 2.43. The molecule has 1 amide bonds. The zero-order valence-corrected chi connectivity index (χ0v) is 17.5. The van der Waals surface area contributed by atoms with Crippen LogP contribution in [0.15, 0.2) is 53.4 Å². The van der Waals surface area contributed by atoms with Crippen molar-refractivity contribution in [2.75, 3.05) is 12.0 Å². The number of ether oxygens (including phenoxy) is 1. The van der Waals surface area contributed by atoms with E-state index in [0.29, 0.717) is 33.9 Å². The van der Waals surface area contributed by atoms with Crippen molar-refractivity contribution in [3.05, 3.63) is 77.3 Å². The highest BCUT2D eigenvalue weighted by molar-refractivity contribution is 9.15. The minimum atomic E-state index is -0.294. The Balaban J connectivity index is 1.83. The molecule has 0 bridgehead atoms. The van der Waals surface area contributed by atoms with Crippen LogP contribution in [0.1, 0.15) is 28.9 Å². The molecule has 0 N–H and O–H groups in total. The van der Waals surface area contributed by atoms with Gasteiger partial charge in [-0.15, -0.1) is 0 Å². The number of benzene rings is 2. The van der Waals surface area contributed by atoms with E-state index in [9.17, 15) is 9.18 Å². The fourth-order valence-electron chi connectivity index (χ4n) is 3.32. The fourth-order valence-corrected chi connectivity index (χ4v) is 3.99. The topological polar surface area (TPSA) is 55.6 Å². The first-order chi connectivity index (χ1) is 14.0. The van der Waals surface area contributed by atoms with Crippen LogP contribution in [0.3, 0.4) is 0 Å². The van der Waals surface area contributed by atoms with E-state index in [1.807, 2.05) is 24.3 Å². The van der Waals surface area contributed by atoms with Crippen molar-refractivity contribution in [3.8, 4) is 5.75 Å². The Kier molecular flexibility index (Phi) is 5.24. The number of amides is 1. The molecular formula is C22H18BrFN2O3. The first kappa shape index (κ1) is 19.4. The molecule has 4 rings (SSSR count). The lowest BCUT2D eigenvalue weighted by atomic mass is 10.1. The van der Waals surface area contributed by atoms with Gasteiger partial charge in [-0.1, -0.05) is 12.1 Å². The normalized spacial score (nSPS) is 14.1. The molecule has 0 radical (unpaired) electrons. The molecule has 0 spiro atoms. The average molecular weight is 457 g/mol. The molecule has 0 saturated carbocycles. The predicted octanol–water partition coefficient (Wildman–Crippen LogP) is 5.33. The van der Waals surface area contributed by atoms with Crippen molar-refractivity contribution >= 4 is 37.6 Å². The van der Waals surface area contributed by atoms with Gasteiger partial charge >= 0.3 is 0 Å². The fraction of sp³-hybridized carbons (Fsp3) is 0.182. The number of oxazole rings is 1. The van der Waals surface area contributed by atoms with Crippen molar-refractivity contribution in [2.24, 2.45) is 0 Å². The van der Waals surface area contributed by atoms with Crippen LogP contribution in [0.2, 0.25) is 0 Å². The van der Waals surface area contributed by atoms with Gasteiger partial charge in [0.15, 0.2) is 12.2 Å². The zero-order valence-electron chi connectivity index (χ0n) is 15.9. The van der Waals surface area contributed by atoms with Crippen molar-refractivity contribution in [1.29, 1.82) is 0 Å². The van der Waals surface area contributed by atoms with E-state index in [1.54, 1.807) is 31.2 Å². The second-order valence-corrected chi connectivity index (χ2v) is 7.57. The van der Waals surface area contributed by atoms with Crippen LogP contribution in [0, 0.1) is 12.7 Å². The lowest BCUT2D eigenvalue weighted by molar-refractivity contribution is -0.117. The molecule has 2 heterocycles. The van der Waals surface area contributed by atoms with Gasteiger partial charge in [-0.3, -0.25) is 4.79 Å². The third-order valence-corrected chi connectivity index (χ3v) is 5.84. The largest absolute Gasteiger partial charge is 0.497 e. The quantitative estimate of drug-likeness (QED) is 0.532. The number of carbonyl (C=O) groups is 1. The van der Waals surface area contributed by atoms with Gasteiger partial charge < -0.3 is 14.1 Å². The Bertz CT molecular complexity index is 1110. The molecule has 7 heteroatoms. The Hall–Kier alpha value is -2.93. The molecule has 0 aliphatic carbocycles. The summed E-state index contributed by atoms with van der Waals surface area (Å²) in [6.45, 7) is 1.95. The van der Waals surface area contributed by atoms with Crippen LogP contribution in [-0.2, 0) is 11.3 Å². The summed E-state index contributed by atoms with van der Waals surface area (Å²) in [5.41, 5.74) is 3.47. The maximum absolute atomic E-state index is 14.1. The van der Waals surface area contributed by atoms with E-state index >= 15 is 0 Å². The molecular weight excluding hydrogens is 439 g/mol. The first-order valence-corrected chi connectivity index (χ1v) is 9.78. The van der Waals surface area contributed by atoms with Crippen molar-refractivity contribution in [3.63, 3.8) is 0 Å². The number of aromatic nitrogens is 1. The molecule has 1 aromatic heterocycles. The number of fused-ring (bicyclic) bond motifs is 1. The molecule has 0 saturated heterocycles. The number of halogens is 2. The number of anilines is 1. The molecule has 0 fully saturated rings. The van der Waals surface area contributed by atoms with E-state index in [-0.39, 0.29) is 24.7 Å². The molecule has 1 aliphatic rings. The van der Waals surface area contributed by atoms with Crippen molar-refractivity contribution in [2.45, 2.75) is 19.9 Å². The second-order valence-electron chi connectivity index (χ2n) is 6.78. The van der Waals surface area contributed by atoms with Gasteiger partial charge in [0.2, 0.25) is 5.91 Å². The van der Waals surface area contributed by atoms with Crippen LogP contribution < -0.4 is 9.64 Å². The molecule has 3 aromatic rings. The Morgan fingerprint density at radius 2 is 2.10 bits per heavy atom. The number of hydrogen-bond donors (Lipinski definition) is 0. The van der Waals surface area contributed by atoms with Gasteiger partial charge in [-0.05, 0) is 52.2 Å². The second kappa shape index (κ2) is 7.83. The van der Waals surface area contributed by atoms with E-state index in [4.69, 9.17) is 9.15 Å². The smallest absolute Gasteiger partial charge is 0.231 e. The number of nitrogens with zero attached hydrogens (tertiary/aromatic N) is 2. The highest BCUT2D eigenvalue weighted by Gasteiger charge is 2.29. The van der Waals surface area contributed by atoms with E-state index in [2.05, 4.69) is 20.9 Å².